The molecule has 0 aliphatic carbocycles. The summed E-state index contributed by atoms with van der Waals surface area (Å²) in [6.07, 6.45) is 10.3. The number of benzene rings is 2. The van der Waals surface area contributed by atoms with Crippen LogP contribution in [0.25, 0.3) is 5.70 Å². The largest absolute Gasteiger partial charge is 0.492 e. The maximum atomic E-state index is 6.59. The molecule has 0 bridgehead atoms. The minimum absolute atomic E-state index is 0.0364. The molecule has 9 heteroatoms. The van der Waals surface area contributed by atoms with Gasteiger partial charge < -0.3 is 30.7 Å². The molecular formula is C32H49N7OS. The van der Waals surface area contributed by atoms with Gasteiger partial charge in [-0.05, 0) is 67.5 Å². The van der Waals surface area contributed by atoms with Crippen molar-refractivity contribution in [3.05, 3.63) is 76.9 Å². The lowest BCUT2D eigenvalue weighted by molar-refractivity contribution is 0.274. The molecule has 2 aromatic rings. The number of aryl methyl sites for hydroxylation is 1. The molecule has 1 heterocycles. The van der Waals surface area contributed by atoms with Crippen molar-refractivity contribution in [2.45, 2.75) is 72.9 Å². The number of nitrogens with one attached hydrogen (secondary N) is 3. The van der Waals surface area contributed by atoms with E-state index in [2.05, 4.69) is 97.5 Å². The van der Waals surface area contributed by atoms with Crippen LogP contribution in [0.4, 0.5) is 17.1 Å². The molecule has 224 valence electrons. The van der Waals surface area contributed by atoms with E-state index in [9.17, 15) is 0 Å². The van der Waals surface area contributed by atoms with Crippen molar-refractivity contribution in [2.24, 2.45) is 11.6 Å². The molecule has 0 amide bonds. The lowest BCUT2D eigenvalue weighted by Crippen LogP contribution is -2.36. The lowest BCUT2D eigenvalue weighted by Gasteiger charge is -2.25. The first kappa shape index (κ1) is 32.1. The Balaban J connectivity index is 1.94. The van der Waals surface area contributed by atoms with Gasteiger partial charge in [-0.2, -0.15) is 0 Å². The second kappa shape index (κ2) is 14.0. The monoisotopic (exact) mass is 579 g/mol. The zero-order valence-corrected chi connectivity index (χ0v) is 27.0. The molecule has 3 rings (SSSR count). The number of anilines is 3. The first-order valence-corrected chi connectivity index (χ1v) is 15.5. The maximum Gasteiger partial charge on any atom is 0.166 e. The number of nitrogens with zero attached hydrogens (tertiary/aromatic N) is 2. The smallest absolute Gasteiger partial charge is 0.166 e. The SMILES string of the molecule is C/C=C(\Nc1cc(C(C)(C)C)cc(NSC)c1OC)c1ccc(C)c(N(N)/C=C(\N)C2=CN(CC)C(CCC)N2)c1. The average molecular weight is 580 g/mol. The zero-order valence-electron chi connectivity index (χ0n) is 26.2. The van der Waals surface area contributed by atoms with Crippen molar-refractivity contribution in [2.75, 3.05) is 35.0 Å². The van der Waals surface area contributed by atoms with E-state index < -0.39 is 0 Å². The molecular weight excluding hydrogens is 530 g/mol. The Hall–Kier alpha value is -3.43. The Kier molecular flexibility index (Phi) is 10.9. The summed E-state index contributed by atoms with van der Waals surface area (Å²) in [6, 6.07) is 10.6. The Morgan fingerprint density at radius 2 is 1.90 bits per heavy atom. The number of allylic oxidation sites excluding steroid dienone is 1. The molecule has 7 N–H and O–H groups in total. The van der Waals surface area contributed by atoms with Crippen LogP contribution in [0.3, 0.4) is 0 Å². The highest BCUT2D eigenvalue weighted by Gasteiger charge is 2.23. The highest BCUT2D eigenvalue weighted by Crippen LogP contribution is 2.41. The summed E-state index contributed by atoms with van der Waals surface area (Å²) >= 11 is 1.54. The van der Waals surface area contributed by atoms with E-state index in [4.69, 9.17) is 16.3 Å². The van der Waals surface area contributed by atoms with Crippen LogP contribution in [0.1, 0.15) is 71.1 Å². The van der Waals surface area contributed by atoms with E-state index in [1.54, 1.807) is 18.3 Å². The van der Waals surface area contributed by atoms with Crippen LogP contribution in [0.15, 0.2) is 60.2 Å². The van der Waals surface area contributed by atoms with Crippen molar-refractivity contribution < 1.29 is 4.74 Å². The quantitative estimate of drug-likeness (QED) is 0.105. The van der Waals surface area contributed by atoms with Crippen molar-refractivity contribution in [1.29, 1.82) is 0 Å². The molecule has 0 fully saturated rings. The first-order valence-electron chi connectivity index (χ1n) is 14.3. The van der Waals surface area contributed by atoms with E-state index in [0.717, 1.165) is 64.7 Å². The van der Waals surface area contributed by atoms with Gasteiger partial charge in [0.15, 0.2) is 5.75 Å². The fraction of sp³-hybridized carbons (Fsp3) is 0.438. The Morgan fingerprint density at radius 1 is 1.20 bits per heavy atom. The van der Waals surface area contributed by atoms with E-state index in [1.807, 2.05) is 20.1 Å². The second-order valence-electron chi connectivity index (χ2n) is 11.3. The third kappa shape index (κ3) is 7.65. The van der Waals surface area contributed by atoms with Crippen LogP contribution in [0.5, 0.6) is 5.75 Å². The molecule has 0 aromatic heterocycles. The minimum Gasteiger partial charge on any atom is -0.492 e. The van der Waals surface area contributed by atoms with Crippen molar-refractivity contribution >= 4 is 34.7 Å². The third-order valence-corrected chi connectivity index (χ3v) is 7.69. The van der Waals surface area contributed by atoms with Gasteiger partial charge in [0.1, 0.15) is 0 Å². The zero-order chi connectivity index (χ0) is 30.3. The fourth-order valence-electron chi connectivity index (χ4n) is 4.90. The molecule has 0 saturated carbocycles. The molecule has 0 radical (unpaired) electrons. The topological polar surface area (TPSA) is 104 Å². The van der Waals surface area contributed by atoms with Crippen molar-refractivity contribution in [3.8, 4) is 5.75 Å². The van der Waals surface area contributed by atoms with Gasteiger partial charge in [0.25, 0.3) is 0 Å². The summed E-state index contributed by atoms with van der Waals surface area (Å²) in [5, 5.41) is 8.79. The summed E-state index contributed by atoms with van der Waals surface area (Å²) in [6.45, 7) is 15.9. The first-order chi connectivity index (χ1) is 19.5. The summed E-state index contributed by atoms with van der Waals surface area (Å²) in [4.78, 5) is 2.28. The Morgan fingerprint density at radius 3 is 2.49 bits per heavy atom. The molecule has 1 aliphatic rings. The highest BCUT2D eigenvalue weighted by molar-refractivity contribution is 7.99. The van der Waals surface area contributed by atoms with Gasteiger partial charge >= 0.3 is 0 Å². The predicted octanol–water partition coefficient (Wildman–Crippen LogP) is 6.84. The minimum atomic E-state index is -0.0364. The summed E-state index contributed by atoms with van der Waals surface area (Å²) in [5.41, 5.74) is 14.8. The van der Waals surface area contributed by atoms with Gasteiger partial charge in [-0.15, -0.1) is 0 Å². The average Bonchev–Trinajstić information content (AvgIpc) is 3.35. The normalized spacial score (nSPS) is 15.9. The highest BCUT2D eigenvalue weighted by atomic mass is 32.2. The van der Waals surface area contributed by atoms with E-state index in [0.29, 0.717) is 5.70 Å². The fourth-order valence-corrected chi connectivity index (χ4v) is 5.27. The number of hydrogen-bond donors (Lipinski definition) is 5. The van der Waals surface area contributed by atoms with Gasteiger partial charge in [0, 0.05) is 30.9 Å². The summed E-state index contributed by atoms with van der Waals surface area (Å²) in [5.74, 6) is 7.35. The van der Waals surface area contributed by atoms with Gasteiger partial charge in [0.05, 0.1) is 41.7 Å². The molecule has 8 nitrogen and oxygen atoms in total. The number of rotatable bonds is 12. The van der Waals surface area contributed by atoms with Gasteiger partial charge in [-0.25, -0.2) is 5.84 Å². The van der Waals surface area contributed by atoms with Gasteiger partial charge in [-0.1, -0.05) is 64.3 Å². The van der Waals surface area contributed by atoms with Crippen LogP contribution in [0.2, 0.25) is 0 Å². The van der Waals surface area contributed by atoms with Crippen LogP contribution in [-0.2, 0) is 5.41 Å². The summed E-state index contributed by atoms with van der Waals surface area (Å²) < 4.78 is 9.24. The van der Waals surface area contributed by atoms with Crippen LogP contribution < -0.4 is 36.7 Å². The van der Waals surface area contributed by atoms with Gasteiger partial charge in [0.2, 0.25) is 0 Å². The number of ether oxygens (including phenoxy) is 1. The third-order valence-electron chi connectivity index (χ3n) is 7.26. The van der Waals surface area contributed by atoms with E-state index in [-0.39, 0.29) is 11.6 Å². The molecule has 1 aliphatic heterocycles. The van der Waals surface area contributed by atoms with Gasteiger partial charge in [-0.3, -0.25) is 5.01 Å². The number of nitrogens with two attached hydrogens (primary N) is 2. The molecule has 1 unspecified atom stereocenters. The van der Waals surface area contributed by atoms with Crippen LogP contribution in [0, 0.1) is 6.92 Å². The van der Waals surface area contributed by atoms with Crippen molar-refractivity contribution in [3.63, 3.8) is 0 Å². The summed E-state index contributed by atoms with van der Waals surface area (Å²) in [7, 11) is 1.70. The Labute approximate surface area is 251 Å². The number of methoxy groups -OCH3 is 1. The molecule has 0 spiro atoms. The van der Waals surface area contributed by atoms with Crippen LogP contribution >= 0.6 is 11.9 Å². The van der Waals surface area contributed by atoms with E-state index in [1.165, 1.54) is 17.5 Å². The second-order valence-corrected chi connectivity index (χ2v) is 11.9. The standard InChI is InChI=1S/C32H49N7OS/c1-10-13-30-36-28(20-38(30)12-3)24(33)19-39(34)29-16-22(15-14-21(29)4)25(11-2)35-26-17-23(32(5,6)7)18-27(37-41-9)31(26)40-8/h11,14-20,30,35-37H,10,12-13,33-34H2,1-9H3/b24-19-,25-11-. The van der Waals surface area contributed by atoms with E-state index >= 15 is 0 Å². The van der Waals surface area contributed by atoms with Crippen LogP contribution in [-0.4, -0.2) is 31.0 Å². The Bertz CT molecular complexity index is 1300. The molecule has 41 heavy (non-hydrogen) atoms. The molecule has 1 atom stereocenters. The maximum absolute atomic E-state index is 6.59. The lowest BCUT2D eigenvalue weighted by atomic mass is 9.86. The van der Waals surface area contributed by atoms with Crippen molar-refractivity contribution in [1.82, 2.24) is 10.2 Å². The molecule has 2 aromatic carbocycles. The number of hydrogen-bond acceptors (Lipinski definition) is 9. The number of hydrazine groups is 1. The predicted molar refractivity (Wildman–Crippen MR) is 179 cm³/mol. The molecule has 0 saturated heterocycles.